The molecule has 5 N–H and O–H groups in total. The van der Waals surface area contributed by atoms with Gasteiger partial charge in [-0.15, -0.1) is 11.8 Å². The average molecular weight is 302 g/mol. The summed E-state index contributed by atoms with van der Waals surface area (Å²) < 4.78 is 0. The van der Waals surface area contributed by atoms with Crippen molar-refractivity contribution in [1.29, 1.82) is 0 Å². The normalized spacial score (nSPS) is 13.9. The SMILES string of the molecule is Cc1ccc(SCC(O)C(N)Cc2ccccc2)c(N)c1. The summed E-state index contributed by atoms with van der Waals surface area (Å²) in [5.41, 5.74) is 15.1. The molecule has 2 unspecified atom stereocenters. The minimum atomic E-state index is -0.559. The first-order chi connectivity index (χ1) is 10.1. The molecule has 2 atom stereocenters. The fraction of sp³-hybridized carbons (Fsp3) is 0.294. The first-order valence-corrected chi connectivity index (χ1v) is 8.01. The zero-order valence-electron chi connectivity index (χ0n) is 12.2. The maximum Gasteiger partial charge on any atom is 0.0788 e. The molecule has 0 saturated carbocycles. The van der Waals surface area contributed by atoms with Gasteiger partial charge in [0.15, 0.2) is 0 Å². The molecule has 0 aromatic heterocycles. The lowest BCUT2D eigenvalue weighted by Gasteiger charge is -2.19. The number of aryl methyl sites for hydroxylation is 1. The van der Waals surface area contributed by atoms with E-state index in [4.69, 9.17) is 11.5 Å². The molecule has 0 spiro atoms. The van der Waals surface area contributed by atoms with Crippen LogP contribution in [0.5, 0.6) is 0 Å². The number of nitrogens with two attached hydrogens (primary N) is 2. The zero-order valence-corrected chi connectivity index (χ0v) is 13.0. The maximum atomic E-state index is 10.2. The lowest BCUT2D eigenvalue weighted by atomic mass is 10.0. The van der Waals surface area contributed by atoms with Crippen LogP contribution in [0.4, 0.5) is 5.69 Å². The minimum absolute atomic E-state index is 0.272. The standard InChI is InChI=1S/C17H22N2OS/c1-12-7-8-17(15(19)9-12)21-11-16(20)14(18)10-13-5-3-2-4-6-13/h2-9,14,16,20H,10-11,18-19H2,1H3. The third kappa shape index (κ3) is 4.77. The summed E-state index contributed by atoms with van der Waals surface area (Å²) in [6.07, 6.45) is 0.113. The summed E-state index contributed by atoms with van der Waals surface area (Å²) in [5.74, 6) is 0.543. The summed E-state index contributed by atoms with van der Waals surface area (Å²) in [5, 5.41) is 10.2. The molecule has 3 nitrogen and oxygen atoms in total. The van der Waals surface area contributed by atoms with E-state index in [9.17, 15) is 5.11 Å². The van der Waals surface area contributed by atoms with Crippen molar-refractivity contribution in [1.82, 2.24) is 0 Å². The van der Waals surface area contributed by atoms with Gasteiger partial charge >= 0.3 is 0 Å². The molecule has 0 aliphatic heterocycles. The van der Waals surface area contributed by atoms with Crippen molar-refractivity contribution in [2.45, 2.75) is 30.4 Å². The maximum absolute atomic E-state index is 10.2. The van der Waals surface area contributed by atoms with Gasteiger partial charge in [0.2, 0.25) is 0 Å². The number of hydrogen-bond donors (Lipinski definition) is 3. The number of benzene rings is 2. The van der Waals surface area contributed by atoms with Gasteiger partial charge < -0.3 is 16.6 Å². The Morgan fingerprint density at radius 2 is 1.86 bits per heavy atom. The van der Waals surface area contributed by atoms with E-state index in [0.29, 0.717) is 12.2 Å². The molecule has 112 valence electrons. The van der Waals surface area contributed by atoms with E-state index in [1.807, 2.05) is 55.5 Å². The number of nitrogen functional groups attached to an aromatic ring is 1. The Morgan fingerprint density at radius 1 is 1.14 bits per heavy atom. The summed E-state index contributed by atoms with van der Waals surface area (Å²) in [6.45, 7) is 2.01. The van der Waals surface area contributed by atoms with Gasteiger partial charge in [-0.05, 0) is 36.6 Å². The van der Waals surface area contributed by atoms with Crippen LogP contribution >= 0.6 is 11.8 Å². The molecule has 0 saturated heterocycles. The number of thioether (sulfide) groups is 1. The number of hydrogen-bond acceptors (Lipinski definition) is 4. The van der Waals surface area contributed by atoms with Gasteiger partial charge in [-0.1, -0.05) is 36.4 Å². The van der Waals surface area contributed by atoms with Gasteiger partial charge in [0.05, 0.1) is 6.10 Å². The highest BCUT2D eigenvalue weighted by atomic mass is 32.2. The third-order valence-corrected chi connectivity index (χ3v) is 4.57. The molecule has 2 aromatic carbocycles. The molecular weight excluding hydrogens is 280 g/mol. The topological polar surface area (TPSA) is 72.3 Å². The average Bonchev–Trinajstić information content (AvgIpc) is 2.47. The molecule has 2 aromatic rings. The summed E-state index contributed by atoms with van der Waals surface area (Å²) in [4.78, 5) is 0.992. The van der Waals surface area contributed by atoms with Crippen LogP contribution in [0.2, 0.25) is 0 Å². The molecule has 0 aliphatic carbocycles. The Balaban J connectivity index is 1.87. The second kappa shape index (κ2) is 7.50. The van der Waals surface area contributed by atoms with E-state index in [0.717, 1.165) is 21.7 Å². The van der Waals surface area contributed by atoms with Crippen molar-refractivity contribution in [3.8, 4) is 0 Å². The van der Waals surface area contributed by atoms with Crippen LogP contribution in [-0.2, 0) is 6.42 Å². The van der Waals surface area contributed by atoms with Crippen molar-refractivity contribution >= 4 is 17.4 Å². The lowest BCUT2D eigenvalue weighted by molar-refractivity contribution is 0.168. The summed E-state index contributed by atoms with van der Waals surface area (Å²) in [6, 6.07) is 15.7. The predicted molar refractivity (Wildman–Crippen MR) is 90.4 cm³/mol. The fourth-order valence-electron chi connectivity index (χ4n) is 2.12. The van der Waals surface area contributed by atoms with Crippen LogP contribution in [0, 0.1) is 6.92 Å². The highest BCUT2D eigenvalue weighted by Crippen LogP contribution is 2.26. The van der Waals surface area contributed by atoms with Gasteiger partial charge in [-0.2, -0.15) is 0 Å². The zero-order chi connectivity index (χ0) is 15.2. The van der Waals surface area contributed by atoms with E-state index < -0.39 is 6.10 Å². The number of rotatable bonds is 6. The molecule has 21 heavy (non-hydrogen) atoms. The van der Waals surface area contributed by atoms with Crippen molar-refractivity contribution in [2.24, 2.45) is 5.73 Å². The monoisotopic (exact) mass is 302 g/mol. The third-order valence-electron chi connectivity index (χ3n) is 3.38. The molecular formula is C17H22N2OS. The molecule has 0 heterocycles. The lowest BCUT2D eigenvalue weighted by Crippen LogP contribution is -2.38. The van der Waals surface area contributed by atoms with Gasteiger partial charge in [0.1, 0.15) is 0 Å². The quantitative estimate of drug-likeness (QED) is 0.566. The minimum Gasteiger partial charge on any atom is -0.398 e. The van der Waals surface area contributed by atoms with Crippen molar-refractivity contribution in [3.05, 3.63) is 59.7 Å². The smallest absolute Gasteiger partial charge is 0.0788 e. The highest BCUT2D eigenvalue weighted by molar-refractivity contribution is 7.99. The molecule has 4 heteroatoms. The Kier molecular flexibility index (Phi) is 5.67. The van der Waals surface area contributed by atoms with Crippen LogP contribution in [0.25, 0.3) is 0 Å². The van der Waals surface area contributed by atoms with Gasteiger partial charge in [0.25, 0.3) is 0 Å². The second-order valence-electron chi connectivity index (χ2n) is 5.27. The first kappa shape index (κ1) is 15.9. The van der Waals surface area contributed by atoms with Crippen molar-refractivity contribution in [3.63, 3.8) is 0 Å². The Labute approximate surface area is 130 Å². The van der Waals surface area contributed by atoms with Gasteiger partial charge in [-0.25, -0.2) is 0 Å². The predicted octanol–water partition coefficient (Wildman–Crippen LogP) is 2.60. The van der Waals surface area contributed by atoms with E-state index >= 15 is 0 Å². The largest absolute Gasteiger partial charge is 0.398 e. The number of anilines is 1. The Bertz CT molecular complexity index is 574. The summed E-state index contributed by atoms with van der Waals surface area (Å²) in [7, 11) is 0. The van der Waals surface area contributed by atoms with E-state index in [2.05, 4.69) is 0 Å². The summed E-state index contributed by atoms with van der Waals surface area (Å²) >= 11 is 1.55. The molecule has 2 rings (SSSR count). The second-order valence-corrected chi connectivity index (χ2v) is 6.34. The van der Waals surface area contributed by atoms with Gasteiger partial charge in [-0.3, -0.25) is 0 Å². The molecule has 0 bridgehead atoms. The Hall–Kier alpha value is -1.49. The fourth-order valence-corrected chi connectivity index (χ4v) is 3.11. The van der Waals surface area contributed by atoms with Crippen LogP contribution in [-0.4, -0.2) is 23.0 Å². The van der Waals surface area contributed by atoms with E-state index in [-0.39, 0.29) is 6.04 Å². The van der Waals surface area contributed by atoms with Crippen molar-refractivity contribution in [2.75, 3.05) is 11.5 Å². The Morgan fingerprint density at radius 3 is 2.52 bits per heavy atom. The molecule has 0 amide bonds. The molecule has 0 aliphatic rings. The number of aliphatic hydroxyl groups excluding tert-OH is 1. The van der Waals surface area contributed by atoms with Crippen LogP contribution in [0.15, 0.2) is 53.4 Å². The van der Waals surface area contributed by atoms with Gasteiger partial charge in [0, 0.05) is 22.4 Å². The first-order valence-electron chi connectivity index (χ1n) is 7.03. The molecule has 0 radical (unpaired) electrons. The van der Waals surface area contributed by atoms with Crippen LogP contribution in [0.1, 0.15) is 11.1 Å². The number of aliphatic hydroxyl groups is 1. The molecule has 0 fully saturated rings. The van der Waals surface area contributed by atoms with Crippen LogP contribution < -0.4 is 11.5 Å². The van der Waals surface area contributed by atoms with E-state index in [1.165, 1.54) is 0 Å². The van der Waals surface area contributed by atoms with Crippen LogP contribution in [0.3, 0.4) is 0 Å². The van der Waals surface area contributed by atoms with E-state index in [1.54, 1.807) is 11.8 Å². The van der Waals surface area contributed by atoms with Crippen molar-refractivity contribution < 1.29 is 5.11 Å². The highest BCUT2D eigenvalue weighted by Gasteiger charge is 2.16.